The molecule has 3 aromatic carbocycles. The van der Waals surface area contributed by atoms with Crippen LogP contribution in [-0.2, 0) is 17.8 Å². The summed E-state index contributed by atoms with van der Waals surface area (Å²) in [6.07, 6.45) is 2.76. The van der Waals surface area contributed by atoms with Crippen molar-refractivity contribution in [3.8, 4) is 5.75 Å². The van der Waals surface area contributed by atoms with E-state index in [2.05, 4.69) is 18.0 Å². The van der Waals surface area contributed by atoms with E-state index in [4.69, 9.17) is 4.74 Å². The lowest BCUT2D eigenvalue weighted by Crippen LogP contribution is -2.24. The maximum absolute atomic E-state index is 11.5. The first-order chi connectivity index (χ1) is 14.7. The molecule has 30 heavy (non-hydrogen) atoms. The second kappa shape index (κ2) is 8.87. The van der Waals surface area contributed by atoms with Gasteiger partial charge in [-0.2, -0.15) is 0 Å². The molecule has 0 fully saturated rings. The van der Waals surface area contributed by atoms with Crippen molar-refractivity contribution in [2.24, 2.45) is 0 Å². The van der Waals surface area contributed by atoms with Crippen molar-refractivity contribution in [3.63, 3.8) is 0 Å². The molecule has 0 bridgehead atoms. The van der Waals surface area contributed by atoms with Crippen LogP contribution in [0.2, 0.25) is 0 Å². The van der Waals surface area contributed by atoms with Gasteiger partial charge in [-0.1, -0.05) is 67.6 Å². The quantitative estimate of drug-likeness (QED) is 0.472. The number of para-hydroxylation sites is 1. The highest BCUT2D eigenvalue weighted by Gasteiger charge is 2.19. The van der Waals surface area contributed by atoms with Gasteiger partial charge in [-0.05, 0) is 47.2 Å². The highest BCUT2D eigenvalue weighted by Crippen LogP contribution is 2.35. The van der Waals surface area contributed by atoms with Crippen LogP contribution in [0.3, 0.4) is 0 Å². The number of carbonyl (C=O) groups excluding carboxylic acids is 1. The first kappa shape index (κ1) is 19.8. The summed E-state index contributed by atoms with van der Waals surface area (Å²) in [5.74, 6) is -0.605. The predicted octanol–water partition coefficient (Wildman–Crippen LogP) is 4.58. The molecule has 4 heteroatoms. The van der Waals surface area contributed by atoms with Gasteiger partial charge in [0.15, 0.2) is 0 Å². The molecule has 4 rings (SSSR count). The van der Waals surface area contributed by atoms with Crippen LogP contribution in [0, 0.1) is 0 Å². The number of hydrogen-bond donors (Lipinski definition) is 1. The van der Waals surface area contributed by atoms with Crippen LogP contribution in [0.15, 0.2) is 79.0 Å². The molecule has 1 N–H and O–H groups in total. The van der Waals surface area contributed by atoms with Gasteiger partial charge in [-0.25, -0.2) is 0 Å². The van der Waals surface area contributed by atoms with Crippen molar-refractivity contribution in [1.29, 1.82) is 0 Å². The third-order valence-corrected chi connectivity index (χ3v) is 5.49. The number of aryl methyl sites for hydroxylation is 1. The minimum absolute atomic E-state index is 0.0759. The number of carbonyl (C=O) groups is 1. The monoisotopic (exact) mass is 398 g/mol. The molecule has 0 saturated carbocycles. The predicted molar refractivity (Wildman–Crippen MR) is 116 cm³/mol. The van der Waals surface area contributed by atoms with Gasteiger partial charge in [0.1, 0.15) is 12.4 Å². The zero-order chi connectivity index (χ0) is 20.9. The van der Waals surface area contributed by atoms with E-state index < -0.39 is 5.97 Å². The lowest BCUT2D eigenvalue weighted by molar-refractivity contribution is -0.305. The molecule has 0 saturated heterocycles. The van der Waals surface area contributed by atoms with Crippen LogP contribution in [-0.4, -0.2) is 11.0 Å². The second-order valence-corrected chi connectivity index (χ2v) is 7.41. The Balaban J connectivity index is 1.61. The van der Waals surface area contributed by atoms with Gasteiger partial charge in [0.05, 0.1) is 0 Å². The SMILES string of the molecule is CCc1cccc2c([C@H](CC(=O)[O-])c3ccc(OCc4ccccc4)cc3)c[nH]c12. The highest BCUT2D eigenvalue weighted by molar-refractivity contribution is 5.87. The fourth-order valence-electron chi connectivity index (χ4n) is 3.93. The van der Waals surface area contributed by atoms with Gasteiger partial charge < -0.3 is 19.6 Å². The number of rotatable bonds is 8. The fourth-order valence-corrected chi connectivity index (χ4v) is 3.93. The second-order valence-electron chi connectivity index (χ2n) is 7.41. The standard InChI is InChI=1S/C26H25NO3/c1-2-19-9-6-10-22-24(16-27-26(19)22)23(15-25(28)29)20-11-13-21(14-12-20)30-17-18-7-4-3-5-8-18/h3-14,16,23,27H,2,15,17H2,1H3,(H,28,29)/p-1/t23-/m1/s1. The lowest BCUT2D eigenvalue weighted by Gasteiger charge is -2.18. The molecule has 1 heterocycles. The molecule has 0 aliphatic heterocycles. The Kier molecular flexibility index (Phi) is 5.84. The molecular weight excluding hydrogens is 374 g/mol. The normalized spacial score (nSPS) is 12.0. The van der Waals surface area contributed by atoms with E-state index in [-0.39, 0.29) is 12.3 Å². The number of carboxylic acid groups (broad SMARTS) is 1. The largest absolute Gasteiger partial charge is 0.550 e. The number of nitrogens with one attached hydrogen (secondary N) is 1. The molecule has 0 aliphatic rings. The van der Waals surface area contributed by atoms with E-state index in [0.717, 1.165) is 39.8 Å². The fraction of sp³-hybridized carbons (Fsp3) is 0.192. The van der Waals surface area contributed by atoms with Crippen LogP contribution in [0.1, 0.15) is 41.5 Å². The molecule has 1 aromatic heterocycles. The van der Waals surface area contributed by atoms with E-state index in [1.54, 1.807) is 0 Å². The molecule has 1 atom stereocenters. The summed E-state index contributed by atoms with van der Waals surface area (Å²) in [5.41, 5.74) is 5.29. The summed E-state index contributed by atoms with van der Waals surface area (Å²) < 4.78 is 5.86. The van der Waals surface area contributed by atoms with Crippen molar-refractivity contribution < 1.29 is 14.6 Å². The Hall–Kier alpha value is -3.53. The number of ether oxygens (including phenoxy) is 1. The average Bonchev–Trinajstić information content (AvgIpc) is 3.21. The van der Waals surface area contributed by atoms with Crippen molar-refractivity contribution in [2.75, 3.05) is 0 Å². The summed E-state index contributed by atoms with van der Waals surface area (Å²) in [6.45, 7) is 2.60. The van der Waals surface area contributed by atoms with Crippen molar-refractivity contribution in [3.05, 3.63) is 101 Å². The maximum atomic E-state index is 11.5. The molecule has 152 valence electrons. The Morgan fingerprint density at radius 1 is 1.00 bits per heavy atom. The number of hydrogen-bond acceptors (Lipinski definition) is 3. The number of carboxylic acids is 1. The third kappa shape index (κ3) is 4.23. The Labute approximate surface area is 176 Å². The smallest absolute Gasteiger partial charge is 0.119 e. The van der Waals surface area contributed by atoms with Gasteiger partial charge in [0.25, 0.3) is 0 Å². The minimum Gasteiger partial charge on any atom is -0.550 e. The van der Waals surface area contributed by atoms with E-state index >= 15 is 0 Å². The van der Waals surface area contributed by atoms with Crippen molar-refractivity contribution in [1.82, 2.24) is 4.98 Å². The number of aromatic nitrogens is 1. The summed E-state index contributed by atoms with van der Waals surface area (Å²) in [6, 6.07) is 23.8. The van der Waals surface area contributed by atoms with E-state index in [1.807, 2.05) is 72.9 Å². The maximum Gasteiger partial charge on any atom is 0.119 e. The van der Waals surface area contributed by atoms with E-state index in [0.29, 0.717) is 6.61 Å². The molecule has 0 radical (unpaired) electrons. The highest BCUT2D eigenvalue weighted by atomic mass is 16.5. The van der Waals surface area contributed by atoms with Gasteiger partial charge in [0, 0.05) is 29.0 Å². The molecule has 0 unspecified atom stereocenters. The van der Waals surface area contributed by atoms with Gasteiger partial charge in [-0.3, -0.25) is 0 Å². The summed E-state index contributed by atoms with van der Waals surface area (Å²) >= 11 is 0. The number of H-pyrrole nitrogens is 1. The molecule has 0 amide bonds. The van der Waals surface area contributed by atoms with Crippen LogP contribution in [0.25, 0.3) is 10.9 Å². The van der Waals surface area contributed by atoms with E-state index in [9.17, 15) is 9.90 Å². The van der Waals surface area contributed by atoms with Crippen molar-refractivity contribution in [2.45, 2.75) is 32.3 Å². The van der Waals surface area contributed by atoms with Crippen LogP contribution >= 0.6 is 0 Å². The summed E-state index contributed by atoms with van der Waals surface area (Å²) in [5, 5.41) is 12.6. The Morgan fingerprint density at radius 3 is 2.47 bits per heavy atom. The molecular formula is C26H24NO3-. The number of aromatic amines is 1. The molecule has 0 spiro atoms. The molecule has 4 nitrogen and oxygen atoms in total. The molecule has 0 aliphatic carbocycles. The Bertz CT molecular complexity index is 1130. The van der Waals surface area contributed by atoms with Gasteiger partial charge in [0.2, 0.25) is 0 Å². The Morgan fingerprint density at radius 2 is 1.77 bits per heavy atom. The zero-order valence-electron chi connectivity index (χ0n) is 16.9. The summed E-state index contributed by atoms with van der Waals surface area (Å²) in [7, 11) is 0. The minimum atomic E-state index is -1.06. The van der Waals surface area contributed by atoms with Gasteiger partial charge in [-0.15, -0.1) is 0 Å². The number of benzene rings is 3. The summed E-state index contributed by atoms with van der Waals surface area (Å²) in [4.78, 5) is 14.9. The third-order valence-electron chi connectivity index (χ3n) is 5.49. The first-order valence-electron chi connectivity index (χ1n) is 10.2. The number of fused-ring (bicyclic) bond motifs is 1. The number of aliphatic carboxylic acids is 1. The van der Waals surface area contributed by atoms with Crippen LogP contribution < -0.4 is 9.84 Å². The van der Waals surface area contributed by atoms with Gasteiger partial charge >= 0.3 is 0 Å². The van der Waals surface area contributed by atoms with E-state index in [1.165, 1.54) is 5.56 Å². The zero-order valence-corrected chi connectivity index (χ0v) is 16.9. The van der Waals surface area contributed by atoms with Crippen LogP contribution in [0.4, 0.5) is 0 Å². The molecule has 4 aromatic rings. The topological polar surface area (TPSA) is 65.2 Å². The van der Waals surface area contributed by atoms with Crippen LogP contribution in [0.5, 0.6) is 5.75 Å². The van der Waals surface area contributed by atoms with Crippen molar-refractivity contribution >= 4 is 16.9 Å². The first-order valence-corrected chi connectivity index (χ1v) is 10.2. The lowest BCUT2D eigenvalue weighted by atomic mass is 9.88. The average molecular weight is 398 g/mol.